The summed E-state index contributed by atoms with van der Waals surface area (Å²) in [4.78, 5) is 8.88. The number of hydrogen-bond donors (Lipinski definition) is 0. The number of rotatable bonds is 3. The molecule has 27 heavy (non-hydrogen) atoms. The van der Waals surface area contributed by atoms with E-state index in [4.69, 9.17) is 63.0 Å². The van der Waals surface area contributed by atoms with Crippen LogP contribution in [0, 0.1) is 0 Å². The van der Waals surface area contributed by atoms with Gasteiger partial charge in [0.05, 0.1) is 31.1 Å². The van der Waals surface area contributed by atoms with Crippen molar-refractivity contribution in [1.29, 1.82) is 0 Å². The molecule has 2 aromatic heterocycles. The van der Waals surface area contributed by atoms with Crippen LogP contribution in [0.5, 0.6) is 0 Å². The number of aromatic nitrogens is 3. The Balaban J connectivity index is 1.92. The van der Waals surface area contributed by atoms with E-state index in [1.54, 1.807) is 30.5 Å². The SMILES string of the molecule is Clc1ccc(-c2nc3cc(Cl)c(Cl)cc3n2Cc2ccc(Cl)c(Cl)c2)cn1. The Morgan fingerprint density at radius 1 is 0.778 bits per heavy atom. The van der Waals surface area contributed by atoms with Crippen molar-refractivity contribution in [2.45, 2.75) is 6.54 Å². The molecule has 0 saturated carbocycles. The summed E-state index contributed by atoms with van der Waals surface area (Å²) >= 11 is 30.5. The van der Waals surface area contributed by atoms with Gasteiger partial charge in [0.25, 0.3) is 0 Å². The smallest absolute Gasteiger partial charge is 0.143 e. The molecule has 136 valence electrons. The van der Waals surface area contributed by atoms with Gasteiger partial charge in [0, 0.05) is 18.3 Å². The Bertz CT molecular complexity index is 1150. The summed E-state index contributed by atoms with van der Waals surface area (Å²) in [6.07, 6.45) is 1.68. The predicted molar refractivity (Wildman–Crippen MR) is 114 cm³/mol. The molecule has 0 saturated heterocycles. The zero-order chi connectivity index (χ0) is 19.1. The largest absolute Gasteiger partial charge is 0.319 e. The molecule has 0 aliphatic rings. The summed E-state index contributed by atoms with van der Waals surface area (Å²) in [5.41, 5.74) is 3.37. The Morgan fingerprint density at radius 3 is 2.22 bits per heavy atom. The molecule has 0 amide bonds. The van der Waals surface area contributed by atoms with E-state index >= 15 is 0 Å². The second kappa shape index (κ2) is 7.50. The fourth-order valence-corrected chi connectivity index (χ4v) is 3.58. The van der Waals surface area contributed by atoms with Gasteiger partial charge in [-0.2, -0.15) is 0 Å². The van der Waals surface area contributed by atoms with Gasteiger partial charge in [-0.3, -0.25) is 0 Å². The first kappa shape index (κ1) is 18.9. The lowest BCUT2D eigenvalue weighted by Crippen LogP contribution is -2.02. The van der Waals surface area contributed by atoms with Gasteiger partial charge in [0.2, 0.25) is 0 Å². The van der Waals surface area contributed by atoms with Gasteiger partial charge in [-0.1, -0.05) is 64.1 Å². The highest BCUT2D eigenvalue weighted by Gasteiger charge is 2.16. The van der Waals surface area contributed by atoms with E-state index in [-0.39, 0.29) is 0 Å². The van der Waals surface area contributed by atoms with Crippen LogP contribution in [0.2, 0.25) is 25.2 Å². The van der Waals surface area contributed by atoms with Crippen molar-refractivity contribution in [1.82, 2.24) is 14.5 Å². The topological polar surface area (TPSA) is 30.7 Å². The highest BCUT2D eigenvalue weighted by atomic mass is 35.5. The number of pyridine rings is 1. The predicted octanol–water partition coefficient (Wildman–Crippen LogP) is 7.41. The number of nitrogens with zero attached hydrogens (tertiary/aromatic N) is 3. The second-order valence-electron chi connectivity index (χ2n) is 5.89. The van der Waals surface area contributed by atoms with E-state index < -0.39 is 0 Å². The lowest BCUT2D eigenvalue weighted by molar-refractivity contribution is 0.834. The van der Waals surface area contributed by atoms with E-state index in [9.17, 15) is 0 Å². The third-order valence-electron chi connectivity index (χ3n) is 4.10. The molecule has 4 aromatic rings. The summed E-state index contributed by atoms with van der Waals surface area (Å²) in [7, 11) is 0. The van der Waals surface area contributed by atoms with E-state index in [0.717, 1.165) is 28.0 Å². The van der Waals surface area contributed by atoms with Crippen LogP contribution in [0.15, 0.2) is 48.7 Å². The molecule has 2 heterocycles. The minimum atomic E-state index is 0.414. The van der Waals surface area contributed by atoms with Crippen LogP contribution in [-0.2, 0) is 6.54 Å². The molecule has 3 nitrogen and oxygen atoms in total. The van der Waals surface area contributed by atoms with Crippen molar-refractivity contribution in [2.24, 2.45) is 0 Å². The van der Waals surface area contributed by atoms with Crippen molar-refractivity contribution in [3.63, 3.8) is 0 Å². The van der Waals surface area contributed by atoms with Gasteiger partial charge in [-0.05, 0) is 42.0 Å². The fraction of sp³-hybridized carbons (Fsp3) is 0.0526. The molecule has 0 spiro atoms. The highest BCUT2D eigenvalue weighted by molar-refractivity contribution is 6.43. The van der Waals surface area contributed by atoms with Gasteiger partial charge in [0.15, 0.2) is 0 Å². The fourth-order valence-electron chi connectivity index (χ4n) is 2.83. The molecular formula is C19H10Cl5N3. The number of benzene rings is 2. The first-order chi connectivity index (χ1) is 12.9. The second-order valence-corrected chi connectivity index (χ2v) is 7.91. The minimum absolute atomic E-state index is 0.414. The van der Waals surface area contributed by atoms with Crippen LogP contribution >= 0.6 is 58.0 Å². The molecule has 2 aromatic carbocycles. The molecule has 0 bridgehead atoms. The number of imidazole rings is 1. The number of fused-ring (bicyclic) bond motifs is 1. The first-order valence-corrected chi connectivity index (χ1v) is 9.72. The maximum Gasteiger partial charge on any atom is 0.143 e. The van der Waals surface area contributed by atoms with Crippen LogP contribution < -0.4 is 0 Å². The van der Waals surface area contributed by atoms with Gasteiger partial charge in [-0.25, -0.2) is 9.97 Å². The molecule has 0 radical (unpaired) electrons. The van der Waals surface area contributed by atoms with Gasteiger partial charge < -0.3 is 4.57 Å². The van der Waals surface area contributed by atoms with Crippen molar-refractivity contribution in [3.8, 4) is 11.4 Å². The molecule has 0 N–H and O–H groups in total. The van der Waals surface area contributed by atoms with Crippen LogP contribution in [0.4, 0.5) is 0 Å². The maximum atomic E-state index is 6.24. The summed E-state index contributed by atoms with van der Waals surface area (Å²) in [5.74, 6) is 0.721. The standard InChI is InChI=1S/C19H10Cl5N3/c20-12-3-1-10(5-13(12)21)9-27-17-7-15(23)14(22)6-16(17)26-19(27)11-2-4-18(24)25-8-11/h1-8H,9H2. The lowest BCUT2D eigenvalue weighted by atomic mass is 10.2. The van der Waals surface area contributed by atoms with E-state index in [1.807, 2.05) is 22.8 Å². The Kier molecular flexibility index (Phi) is 5.23. The van der Waals surface area contributed by atoms with E-state index in [0.29, 0.717) is 31.8 Å². The molecule has 0 fully saturated rings. The Hall–Kier alpha value is -1.49. The molecule has 0 aliphatic carbocycles. The summed E-state index contributed by atoms with van der Waals surface area (Å²) in [5, 5.41) is 2.32. The molecule has 0 unspecified atom stereocenters. The zero-order valence-electron chi connectivity index (χ0n) is 13.6. The van der Waals surface area contributed by atoms with Crippen molar-refractivity contribution < 1.29 is 0 Å². The van der Waals surface area contributed by atoms with Crippen LogP contribution in [0.25, 0.3) is 22.4 Å². The zero-order valence-corrected chi connectivity index (χ0v) is 17.3. The van der Waals surface area contributed by atoms with Crippen molar-refractivity contribution >= 4 is 69.0 Å². The number of hydrogen-bond acceptors (Lipinski definition) is 2. The van der Waals surface area contributed by atoms with E-state index in [1.165, 1.54) is 0 Å². The Labute approximate surface area is 180 Å². The molecule has 0 aliphatic heterocycles. The van der Waals surface area contributed by atoms with Crippen LogP contribution in [0.1, 0.15) is 5.56 Å². The molecule has 0 atom stereocenters. The molecular weight excluding hydrogens is 447 g/mol. The quantitative estimate of drug-likeness (QED) is 0.300. The van der Waals surface area contributed by atoms with Crippen LogP contribution in [-0.4, -0.2) is 14.5 Å². The third kappa shape index (κ3) is 3.75. The lowest BCUT2D eigenvalue weighted by Gasteiger charge is -2.11. The monoisotopic (exact) mass is 455 g/mol. The summed E-state index contributed by atoms with van der Waals surface area (Å²) in [6, 6.07) is 12.7. The van der Waals surface area contributed by atoms with Gasteiger partial charge in [0.1, 0.15) is 11.0 Å². The average molecular weight is 458 g/mol. The number of halogens is 5. The summed E-state index contributed by atoms with van der Waals surface area (Å²) in [6.45, 7) is 0.517. The Morgan fingerprint density at radius 2 is 1.52 bits per heavy atom. The van der Waals surface area contributed by atoms with Gasteiger partial charge in [-0.15, -0.1) is 0 Å². The van der Waals surface area contributed by atoms with E-state index in [2.05, 4.69) is 4.98 Å². The average Bonchev–Trinajstić information content (AvgIpc) is 2.97. The molecule has 8 heteroatoms. The van der Waals surface area contributed by atoms with Crippen molar-refractivity contribution in [3.05, 3.63) is 79.5 Å². The normalized spacial score (nSPS) is 11.3. The van der Waals surface area contributed by atoms with Gasteiger partial charge >= 0.3 is 0 Å². The molecule has 4 rings (SSSR count). The van der Waals surface area contributed by atoms with Crippen LogP contribution in [0.3, 0.4) is 0 Å². The third-order valence-corrected chi connectivity index (χ3v) is 5.79. The maximum absolute atomic E-state index is 6.24. The summed E-state index contributed by atoms with van der Waals surface area (Å²) < 4.78 is 2.03. The first-order valence-electron chi connectivity index (χ1n) is 7.83. The van der Waals surface area contributed by atoms with Crippen molar-refractivity contribution in [2.75, 3.05) is 0 Å². The highest BCUT2D eigenvalue weighted by Crippen LogP contribution is 2.32. The minimum Gasteiger partial charge on any atom is -0.319 e.